The maximum atomic E-state index is 13.7. The molecule has 0 fully saturated rings. The first-order valence-corrected chi connectivity index (χ1v) is 6.43. The van der Waals surface area contributed by atoms with E-state index in [1.165, 1.54) is 24.3 Å². The molecule has 2 aromatic rings. The molecule has 0 spiro atoms. The summed E-state index contributed by atoms with van der Waals surface area (Å²) >= 11 is 3.02. The molecule has 0 aliphatic heterocycles. The summed E-state index contributed by atoms with van der Waals surface area (Å²) in [7, 11) is 0. The zero-order valence-corrected chi connectivity index (χ0v) is 11.6. The highest BCUT2D eigenvalue weighted by atomic mass is 79.9. The molecule has 1 N–H and O–H groups in total. The minimum absolute atomic E-state index is 0.194. The van der Waals surface area contributed by atoms with Gasteiger partial charge in [0.1, 0.15) is 23.1 Å². The number of hydrogen-bond donors (Lipinski definition) is 1. The van der Waals surface area contributed by atoms with E-state index in [1.807, 2.05) is 0 Å². The van der Waals surface area contributed by atoms with Crippen LogP contribution in [-0.2, 0) is 0 Å². The number of anilines is 1. The first kappa shape index (κ1) is 13.9. The Morgan fingerprint density at radius 2 is 1.53 bits per heavy atom. The van der Waals surface area contributed by atoms with Crippen molar-refractivity contribution >= 4 is 21.6 Å². The van der Waals surface area contributed by atoms with E-state index < -0.39 is 11.6 Å². The lowest BCUT2D eigenvalue weighted by Gasteiger charge is -2.17. The number of nitrogens with one attached hydrogen (secondary N) is 1. The van der Waals surface area contributed by atoms with Gasteiger partial charge in [0.15, 0.2) is 0 Å². The van der Waals surface area contributed by atoms with Gasteiger partial charge in [-0.2, -0.15) is 0 Å². The van der Waals surface area contributed by atoms with Crippen LogP contribution in [0.2, 0.25) is 0 Å². The number of rotatable bonds is 3. The van der Waals surface area contributed by atoms with E-state index in [1.54, 1.807) is 19.1 Å². The fraction of sp³-hybridized carbons (Fsp3) is 0.143. The quantitative estimate of drug-likeness (QED) is 0.831. The summed E-state index contributed by atoms with van der Waals surface area (Å²) in [4.78, 5) is 0. The normalized spacial score (nSPS) is 12.3. The average molecular weight is 330 g/mol. The van der Waals surface area contributed by atoms with Crippen molar-refractivity contribution in [1.29, 1.82) is 0 Å². The molecule has 1 atom stereocenters. The third-order valence-corrected chi connectivity index (χ3v) is 3.20. The highest BCUT2D eigenvalue weighted by Crippen LogP contribution is 2.27. The Kier molecular flexibility index (Phi) is 4.14. The monoisotopic (exact) mass is 329 g/mol. The van der Waals surface area contributed by atoms with Crippen LogP contribution in [0.4, 0.5) is 18.9 Å². The van der Waals surface area contributed by atoms with Gasteiger partial charge in [-0.1, -0.05) is 28.1 Å². The molecule has 0 aliphatic rings. The second-order valence-electron chi connectivity index (χ2n) is 4.16. The van der Waals surface area contributed by atoms with Crippen molar-refractivity contribution in [3.8, 4) is 0 Å². The van der Waals surface area contributed by atoms with Crippen molar-refractivity contribution in [3.63, 3.8) is 0 Å². The maximum absolute atomic E-state index is 13.7. The fourth-order valence-corrected chi connectivity index (χ4v) is 2.13. The molecule has 0 bridgehead atoms. The highest BCUT2D eigenvalue weighted by molar-refractivity contribution is 9.10. The van der Waals surface area contributed by atoms with Gasteiger partial charge in [0.2, 0.25) is 0 Å². The molecule has 0 heterocycles. The Morgan fingerprint density at radius 3 is 2.05 bits per heavy atom. The molecule has 2 aromatic carbocycles. The van der Waals surface area contributed by atoms with Crippen molar-refractivity contribution in [2.24, 2.45) is 0 Å². The van der Waals surface area contributed by atoms with Gasteiger partial charge in [0.25, 0.3) is 0 Å². The Hall–Kier alpha value is -1.49. The van der Waals surface area contributed by atoms with E-state index in [-0.39, 0.29) is 17.5 Å². The van der Waals surface area contributed by atoms with Gasteiger partial charge in [-0.15, -0.1) is 0 Å². The van der Waals surface area contributed by atoms with E-state index in [2.05, 4.69) is 21.2 Å². The second kappa shape index (κ2) is 5.65. The van der Waals surface area contributed by atoms with Gasteiger partial charge in [-0.3, -0.25) is 0 Å². The summed E-state index contributed by atoms with van der Waals surface area (Å²) in [6.07, 6.45) is 0. The predicted molar refractivity (Wildman–Crippen MR) is 72.5 cm³/mol. The van der Waals surface area contributed by atoms with Gasteiger partial charge in [-0.25, -0.2) is 13.2 Å². The van der Waals surface area contributed by atoms with Crippen LogP contribution in [0.5, 0.6) is 0 Å². The largest absolute Gasteiger partial charge is 0.374 e. The third-order valence-electron chi connectivity index (χ3n) is 2.74. The maximum Gasteiger partial charge on any atom is 0.150 e. The summed E-state index contributed by atoms with van der Waals surface area (Å²) in [5.74, 6) is -1.71. The molecule has 0 amide bonds. The molecule has 1 unspecified atom stereocenters. The van der Waals surface area contributed by atoms with Crippen LogP contribution in [-0.4, -0.2) is 0 Å². The average Bonchev–Trinajstić information content (AvgIpc) is 2.34. The Bertz CT molecular complexity index is 561. The van der Waals surface area contributed by atoms with Crippen molar-refractivity contribution in [1.82, 2.24) is 0 Å². The lowest BCUT2D eigenvalue weighted by Crippen LogP contribution is -2.09. The van der Waals surface area contributed by atoms with Crippen LogP contribution in [0, 0.1) is 17.5 Å². The zero-order chi connectivity index (χ0) is 14.0. The van der Waals surface area contributed by atoms with Gasteiger partial charge in [-0.05, 0) is 36.8 Å². The number of hydrogen-bond acceptors (Lipinski definition) is 1. The number of halogens is 4. The van der Waals surface area contributed by atoms with Gasteiger partial charge < -0.3 is 5.32 Å². The van der Waals surface area contributed by atoms with Crippen LogP contribution >= 0.6 is 15.9 Å². The molecule has 2 rings (SSSR count). The summed E-state index contributed by atoms with van der Waals surface area (Å²) < 4.78 is 40.5. The van der Waals surface area contributed by atoms with E-state index in [4.69, 9.17) is 0 Å². The summed E-state index contributed by atoms with van der Waals surface area (Å²) in [6, 6.07) is 7.78. The molecule has 1 nitrogen and oxygen atoms in total. The molecular weight excluding hydrogens is 319 g/mol. The van der Waals surface area contributed by atoms with Crippen LogP contribution < -0.4 is 5.32 Å². The molecule has 0 saturated heterocycles. The minimum atomic E-state index is -0.680. The molecule has 0 radical (unpaired) electrons. The van der Waals surface area contributed by atoms with E-state index in [0.29, 0.717) is 4.47 Å². The fourth-order valence-electron chi connectivity index (χ4n) is 1.73. The van der Waals surface area contributed by atoms with Crippen molar-refractivity contribution in [2.45, 2.75) is 13.0 Å². The second-order valence-corrected chi connectivity index (χ2v) is 5.08. The van der Waals surface area contributed by atoms with Crippen LogP contribution in [0.15, 0.2) is 40.9 Å². The minimum Gasteiger partial charge on any atom is -0.374 e. The van der Waals surface area contributed by atoms with Gasteiger partial charge >= 0.3 is 0 Å². The molecule has 0 aromatic heterocycles. The first-order chi connectivity index (χ1) is 8.97. The van der Waals surface area contributed by atoms with Crippen molar-refractivity contribution < 1.29 is 13.2 Å². The molecule has 0 saturated carbocycles. The molecule has 5 heteroatoms. The van der Waals surface area contributed by atoms with Gasteiger partial charge in [0, 0.05) is 10.5 Å². The van der Waals surface area contributed by atoms with E-state index in [9.17, 15) is 13.2 Å². The summed E-state index contributed by atoms with van der Waals surface area (Å²) in [5.41, 5.74) is 0.545. The lowest BCUT2D eigenvalue weighted by atomic mass is 10.1. The first-order valence-electron chi connectivity index (χ1n) is 5.64. The lowest BCUT2D eigenvalue weighted by molar-refractivity contribution is 0.583. The topological polar surface area (TPSA) is 12.0 Å². The van der Waals surface area contributed by atoms with Gasteiger partial charge in [0.05, 0.1) is 0 Å². The number of benzene rings is 2. The van der Waals surface area contributed by atoms with Crippen molar-refractivity contribution in [3.05, 3.63) is 63.9 Å². The Morgan fingerprint density at radius 1 is 1.00 bits per heavy atom. The predicted octanol–water partition coefficient (Wildman–Crippen LogP) is 5.04. The molecule has 100 valence electrons. The van der Waals surface area contributed by atoms with Crippen LogP contribution in [0.1, 0.15) is 18.5 Å². The standard InChI is InChI=1S/C14H11BrF3N/c1-8(9-2-4-11(16)5-3-9)19-14-12(17)6-10(15)7-13(14)18/h2-8,19H,1H3. The molecule has 19 heavy (non-hydrogen) atoms. The highest BCUT2D eigenvalue weighted by Gasteiger charge is 2.14. The Labute approximate surface area is 117 Å². The van der Waals surface area contributed by atoms with Crippen molar-refractivity contribution in [2.75, 3.05) is 5.32 Å². The Balaban J connectivity index is 2.24. The molecule has 0 aliphatic carbocycles. The zero-order valence-electron chi connectivity index (χ0n) is 10.1. The summed E-state index contributed by atoms with van der Waals surface area (Å²) in [6.45, 7) is 1.74. The van der Waals surface area contributed by atoms with Crippen LogP contribution in [0.3, 0.4) is 0 Å². The van der Waals surface area contributed by atoms with E-state index >= 15 is 0 Å². The molecular formula is C14H11BrF3N. The van der Waals surface area contributed by atoms with Crippen LogP contribution in [0.25, 0.3) is 0 Å². The van der Waals surface area contributed by atoms with E-state index in [0.717, 1.165) is 5.56 Å². The SMILES string of the molecule is CC(Nc1c(F)cc(Br)cc1F)c1ccc(F)cc1. The third kappa shape index (κ3) is 3.29. The summed E-state index contributed by atoms with van der Waals surface area (Å²) in [5, 5.41) is 2.75. The smallest absolute Gasteiger partial charge is 0.150 e.